The molecule has 1 N–H and O–H groups in total. The van der Waals surface area contributed by atoms with E-state index in [1.807, 2.05) is 35.4 Å². The van der Waals surface area contributed by atoms with E-state index < -0.39 is 0 Å². The zero-order chi connectivity index (χ0) is 14.4. The normalized spacial score (nSPS) is 19.6. The van der Waals surface area contributed by atoms with Gasteiger partial charge < -0.3 is 10.1 Å². The number of piperidine rings is 1. The molecule has 2 rings (SSSR count). The number of benzene rings is 1. The molecule has 0 aromatic heterocycles. The predicted octanol–water partition coefficient (Wildman–Crippen LogP) is 2.40. The number of aldehydes is 1. The number of nitrogens with zero attached hydrogens (tertiary/aromatic N) is 1. The lowest BCUT2D eigenvalue weighted by atomic mass is 10.0. The molecule has 108 valence electrons. The van der Waals surface area contributed by atoms with Crippen LogP contribution >= 0.6 is 11.8 Å². The second-order valence-corrected chi connectivity index (χ2v) is 5.77. The van der Waals surface area contributed by atoms with Crippen LogP contribution in [0.5, 0.6) is 0 Å². The van der Waals surface area contributed by atoms with Crippen LogP contribution in [-0.4, -0.2) is 42.5 Å². The molecule has 1 unspecified atom stereocenters. The summed E-state index contributed by atoms with van der Waals surface area (Å²) in [6.45, 7) is 1.10. The quantitative estimate of drug-likeness (QED) is 0.669. The Labute approximate surface area is 123 Å². The summed E-state index contributed by atoms with van der Waals surface area (Å²) in [5.74, 6) is -0.0553. The van der Waals surface area contributed by atoms with Crippen molar-refractivity contribution in [2.24, 2.45) is 0 Å². The minimum atomic E-state index is -0.106. The summed E-state index contributed by atoms with van der Waals surface area (Å²) in [7, 11) is 0. The van der Waals surface area contributed by atoms with Crippen molar-refractivity contribution in [3.05, 3.63) is 24.3 Å². The number of anilines is 1. The second-order valence-electron chi connectivity index (χ2n) is 4.92. The van der Waals surface area contributed by atoms with Crippen LogP contribution in [0, 0.1) is 0 Å². The summed E-state index contributed by atoms with van der Waals surface area (Å²) in [5.41, 5.74) is 0.838. The van der Waals surface area contributed by atoms with Gasteiger partial charge in [-0.2, -0.15) is 0 Å². The Morgan fingerprint density at radius 3 is 3.00 bits per heavy atom. The number of para-hydroxylation sites is 1. The Bertz CT molecular complexity index is 479. The molecule has 1 saturated heterocycles. The van der Waals surface area contributed by atoms with Crippen LogP contribution < -0.4 is 5.32 Å². The van der Waals surface area contributed by atoms with Gasteiger partial charge in [-0.15, -0.1) is 11.8 Å². The van der Waals surface area contributed by atoms with Crippen molar-refractivity contribution in [2.75, 3.05) is 24.7 Å². The zero-order valence-corrected chi connectivity index (χ0v) is 12.5. The van der Waals surface area contributed by atoms with Gasteiger partial charge in [-0.05, 0) is 37.8 Å². The van der Waals surface area contributed by atoms with Crippen molar-refractivity contribution < 1.29 is 9.59 Å². The molecule has 20 heavy (non-hydrogen) atoms. The molecule has 1 aromatic rings. The fourth-order valence-electron chi connectivity index (χ4n) is 2.49. The standard InChI is InChI=1S/C15H20N2O2S/c1-20-14-8-3-2-7-13(14)16-15(19)10-17-9-5-4-6-12(17)11-18/h2-3,7-8,11-12H,4-6,9-10H2,1H3,(H,16,19). The SMILES string of the molecule is CSc1ccccc1NC(=O)CN1CCCCC1C=O. The van der Waals surface area contributed by atoms with Gasteiger partial charge in [0, 0.05) is 4.90 Å². The number of hydrogen-bond donors (Lipinski definition) is 1. The Morgan fingerprint density at radius 2 is 2.25 bits per heavy atom. The van der Waals surface area contributed by atoms with Gasteiger partial charge in [0.25, 0.3) is 0 Å². The smallest absolute Gasteiger partial charge is 0.238 e. The molecule has 1 atom stereocenters. The van der Waals surface area contributed by atoms with Gasteiger partial charge in [-0.3, -0.25) is 9.69 Å². The minimum absolute atomic E-state index is 0.0553. The lowest BCUT2D eigenvalue weighted by Gasteiger charge is -2.31. The van der Waals surface area contributed by atoms with E-state index in [9.17, 15) is 9.59 Å². The van der Waals surface area contributed by atoms with E-state index >= 15 is 0 Å². The first-order valence-corrected chi connectivity index (χ1v) is 8.09. The fourth-order valence-corrected chi connectivity index (χ4v) is 3.04. The highest BCUT2D eigenvalue weighted by Crippen LogP contribution is 2.24. The Balaban J connectivity index is 1.96. The lowest BCUT2D eigenvalue weighted by molar-refractivity contribution is -0.120. The van der Waals surface area contributed by atoms with Crippen LogP contribution in [0.2, 0.25) is 0 Å². The van der Waals surface area contributed by atoms with Crippen LogP contribution in [0.4, 0.5) is 5.69 Å². The molecular formula is C15H20N2O2S. The first-order valence-electron chi connectivity index (χ1n) is 6.87. The second kappa shape index (κ2) is 7.45. The molecule has 1 aromatic carbocycles. The summed E-state index contributed by atoms with van der Waals surface area (Å²) in [5, 5.41) is 2.94. The van der Waals surface area contributed by atoms with E-state index in [4.69, 9.17) is 0 Å². The highest BCUT2D eigenvalue weighted by atomic mass is 32.2. The molecule has 0 radical (unpaired) electrons. The van der Waals surface area contributed by atoms with E-state index in [-0.39, 0.29) is 18.5 Å². The van der Waals surface area contributed by atoms with E-state index in [1.165, 1.54) is 0 Å². The first-order chi connectivity index (χ1) is 9.74. The Kier molecular flexibility index (Phi) is 5.61. The molecule has 0 bridgehead atoms. The molecule has 5 heteroatoms. The maximum absolute atomic E-state index is 12.1. The number of carbonyl (C=O) groups excluding carboxylic acids is 2. The summed E-state index contributed by atoms with van der Waals surface area (Å²) < 4.78 is 0. The average Bonchev–Trinajstić information content (AvgIpc) is 2.48. The van der Waals surface area contributed by atoms with Crippen molar-refractivity contribution in [1.82, 2.24) is 4.90 Å². The Hall–Kier alpha value is -1.33. The van der Waals surface area contributed by atoms with E-state index in [2.05, 4.69) is 5.32 Å². The molecule has 1 amide bonds. The van der Waals surface area contributed by atoms with Crippen molar-refractivity contribution >= 4 is 29.6 Å². The van der Waals surface area contributed by atoms with Crippen LogP contribution in [0.25, 0.3) is 0 Å². The van der Waals surface area contributed by atoms with Crippen molar-refractivity contribution in [3.63, 3.8) is 0 Å². The van der Waals surface area contributed by atoms with Crippen molar-refractivity contribution in [3.8, 4) is 0 Å². The van der Waals surface area contributed by atoms with Gasteiger partial charge in [0.2, 0.25) is 5.91 Å². The molecule has 0 aliphatic carbocycles. The van der Waals surface area contributed by atoms with E-state index in [0.717, 1.165) is 42.7 Å². The number of rotatable bonds is 5. The first kappa shape index (κ1) is 15.1. The van der Waals surface area contributed by atoms with Gasteiger partial charge in [0.05, 0.1) is 18.3 Å². The Morgan fingerprint density at radius 1 is 1.45 bits per heavy atom. The third-order valence-corrected chi connectivity index (χ3v) is 4.34. The maximum Gasteiger partial charge on any atom is 0.238 e. The fraction of sp³-hybridized carbons (Fsp3) is 0.467. The molecule has 1 heterocycles. The number of likely N-dealkylation sites (tertiary alicyclic amines) is 1. The summed E-state index contributed by atoms with van der Waals surface area (Å²) in [6, 6.07) is 7.64. The van der Waals surface area contributed by atoms with Gasteiger partial charge in [-0.25, -0.2) is 0 Å². The summed E-state index contributed by atoms with van der Waals surface area (Å²) >= 11 is 1.60. The number of thioether (sulfide) groups is 1. The largest absolute Gasteiger partial charge is 0.324 e. The average molecular weight is 292 g/mol. The van der Waals surface area contributed by atoms with E-state index in [0.29, 0.717) is 0 Å². The third-order valence-electron chi connectivity index (χ3n) is 3.55. The summed E-state index contributed by atoms with van der Waals surface area (Å²) in [4.78, 5) is 26.2. The molecule has 1 fully saturated rings. The molecule has 0 spiro atoms. The molecule has 0 saturated carbocycles. The molecule has 4 nitrogen and oxygen atoms in total. The van der Waals surface area contributed by atoms with Crippen molar-refractivity contribution in [2.45, 2.75) is 30.2 Å². The molecule has 1 aliphatic rings. The highest BCUT2D eigenvalue weighted by Gasteiger charge is 2.23. The maximum atomic E-state index is 12.1. The molecule has 1 aliphatic heterocycles. The van der Waals surface area contributed by atoms with Crippen LogP contribution in [0.3, 0.4) is 0 Å². The van der Waals surface area contributed by atoms with Gasteiger partial charge in [0.15, 0.2) is 0 Å². The zero-order valence-electron chi connectivity index (χ0n) is 11.7. The highest BCUT2D eigenvalue weighted by molar-refractivity contribution is 7.98. The monoisotopic (exact) mass is 292 g/mol. The molecular weight excluding hydrogens is 272 g/mol. The van der Waals surface area contributed by atoms with Crippen molar-refractivity contribution in [1.29, 1.82) is 0 Å². The number of carbonyl (C=O) groups is 2. The number of amides is 1. The predicted molar refractivity (Wildman–Crippen MR) is 82.1 cm³/mol. The lowest BCUT2D eigenvalue weighted by Crippen LogP contribution is -2.44. The van der Waals surface area contributed by atoms with Crippen LogP contribution in [-0.2, 0) is 9.59 Å². The van der Waals surface area contributed by atoms with Crippen LogP contribution in [0.15, 0.2) is 29.2 Å². The number of nitrogens with one attached hydrogen (secondary N) is 1. The van der Waals surface area contributed by atoms with Gasteiger partial charge in [0.1, 0.15) is 6.29 Å². The van der Waals surface area contributed by atoms with Crippen LogP contribution in [0.1, 0.15) is 19.3 Å². The van der Waals surface area contributed by atoms with E-state index in [1.54, 1.807) is 11.8 Å². The topological polar surface area (TPSA) is 49.4 Å². The summed E-state index contributed by atoms with van der Waals surface area (Å²) in [6.07, 6.45) is 5.92. The minimum Gasteiger partial charge on any atom is -0.324 e. The number of hydrogen-bond acceptors (Lipinski definition) is 4. The van der Waals surface area contributed by atoms with Gasteiger partial charge >= 0.3 is 0 Å². The van der Waals surface area contributed by atoms with Gasteiger partial charge in [-0.1, -0.05) is 18.6 Å². The third kappa shape index (κ3) is 3.84.